The molecule has 180 valence electrons. The van der Waals surface area contributed by atoms with Gasteiger partial charge in [0.25, 0.3) is 5.56 Å². The first kappa shape index (κ1) is 24.7. The van der Waals surface area contributed by atoms with E-state index in [1.807, 2.05) is 41.8 Å². The largest absolute Gasteiger partial charge is 0.349 e. The molecule has 6 nitrogen and oxygen atoms in total. The number of H-pyrrole nitrogens is 1. The van der Waals surface area contributed by atoms with Gasteiger partial charge >= 0.3 is 5.69 Å². The van der Waals surface area contributed by atoms with Crippen molar-refractivity contribution in [3.63, 3.8) is 0 Å². The van der Waals surface area contributed by atoms with E-state index in [-0.39, 0.29) is 0 Å². The molecule has 0 bridgehead atoms. The Morgan fingerprint density at radius 3 is 2.25 bits per heavy atom. The second kappa shape index (κ2) is 10.2. The molecular formula is C25H14Cl4N4O2S. The van der Waals surface area contributed by atoms with Crippen LogP contribution in [-0.2, 0) is 0 Å². The maximum absolute atomic E-state index is 12.2. The summed E-state index contributed by atoms with van der Waals surface area (Å²) in [7, 11) is 0. The van der Waals surface area contributed by atoms with Crippen LogP contribution in [-0.4, -0.2) is 19.7 Å². The second-order valence-electron chi connectivity index (χ2n) is 7.71. The summed E-state index contributed by atoms with van der Waals surface area (Å²) in [5, 5.41) is 8.33. The predicted octanol–water partition coefficient (Wildman–Crippen LogP) is 6.84. The smallest absolute Gasteiger partial charge is 0.271 e. The van der Waals surface area contributed by atoms with Crippen molar-refractivity contribution in [3.05, 3.63) is 129 Å². The maximum Gasteiger partial charge on any atom is 0.349 e. The summed E-state index contributed by atoms with van der Waals surface area (Å²) >= 11 is 27.5. The molecular weight excluding hydrogens is 562 g/mol. The fourth-order valence-corrected chi connectivity index (χ4v) is 5.81. The molecule has 0 aliphatic rings. The van der Waals surface area contributed by atoms with Crippen molar-refractivity contribution >= 4 is 57.7 Å². The predicted molar refractivity (Wildman–Crippen MR) is 145 cm³/mol. The van der Waals surface area contributed by atoms with Crippen molar-refractivity contribution in [2.45, 2.75) is 5.92 Å². The average Bonchev–Trinajstić information content (AvgIpc) is 3.32. The minimum Gasteiger partial charge on any atom is -0.271 e. The van der Waals surface area contributed by atoms with Gasteiger partial charge in [-0.2, -0.15) is 9.78 Å². The Balaban J connectivity index is 1.67. The number of hydrogen-bond donors (Lipinski definition) is 1. The summed E-state index contributed by atoms with van der Waals surface area (Å²) in [6.45, 7) is 0. The molecule has 1 N–H and O–H groups in total. The van der Waals surface area contributed by atoms with Crippen molar-refractivity contribution in [1.82, 2.24) is 19.7 Å². The Bertz CT molecular complexity index is 1670. The number of hydrogen-bond acceptors (Lipinski definition) is 5. The molecule has 0 fully saturated rings. The molecule has 0 aliphatic carbocycles. The zero-order valence-electron chi connectivity index (χ0n) is 18.1. The molecule has 3 aromatic carbocycles. The zero-order chi connectivity index (χ0) is 25.4. The summed E-state index contributed by atoms with van der Waals surface area (Å²) in [6, 6.07) is 18.0. The lowest BCUT2D eigenvalue weighted by molar-refractivity contribution is 0.749. The number of aromatic amines is 1. The van der Waals surface area contributed by atoms with Gasteiger partial charge in [-0.05, 0) is 35.9 Å². The topological polar surface area (TPSA) is 80.6 Å². The van der Waals surface area contributed by atoms with Crippen molar-refractivity contribution in [2.75, 3.05) is 0 Å². The van der Waals surface area contributed by atoms with E-state index >= 15 is 0 Å². The molecule has 0 amide bonds. The van der Waals surface area contributed by atoms with Gasteiger partial charge < -0.3 is 0 Å². The van der Waals surface area contributed by atoms with E-state index < -0.39 is 17.2 Å². The van der Waals surface area contributed by atoms with Gasteiger partial charge in [0.1, 0.15) is 11.2 Å². The van der Waals surface area contributed by atoms with E-state index in [0.717, 1.165) is 32.7 Å². The van der Waals surface area contributed by atoms with Gasteiger partial charge in [0.15, 0.2) is 0 Å². The van der Waals surface area contributed by atoms with Gasteiger partial charge in [-0.1, -0.05) is 76.7 Å². The molecule has 1 atom stereocenters. The van der Waals surface area contributed by atoms with Crippen LogP contribution in [0, 0.1) is 0 Å². The molecule has 0 aliphatic heterocycles. The van der Waals surface area contributed by atoms with Crippen molar-refractivity contribution < 1.29 is 0 Å². The SMILES string of the molecule is O=c1cnn(-c2cc(Cl)c(C(c3ccc(Cl)cc3)c3nc(-c4ccccc4Cl)cs3)c(Cl)c2)c(=O)[nH]1. The number of rotatable bonds is 5. The molecule has 0 radical (unpaired) electrons. The fraction of sp³-hybridized carbons (Fsp3) is 0.0400. The highest BCUT2D eigenvalue weighted by Crippen LogP contribution is 2.43. The molecule has 11 heteroatoms. The van der Waals surface area contributed by atoms with Crippen molar-refractivity contribution in [3.8, 4) is 16.9 Å². The van der Waals surface area contributed by atoms with Gasteiger partial charge in [-0.25, -0.2) is 9.78 Å². The lowest BCUT2D eigenvalue weighted by atomic mass is 9.91. The van der Waals surface area contributed by atoms with Crippen LogP contribution in [0.15, 0.2) is 81.8 Å². The maximum atomic E-state index is 12.2. The highest BCUT2D eigenvalue weighted by atomic mass is 35.5. The Kier molecular flexibility index (Phi) is 7.01. The molecule has 5 rings (SSSR count). The van der Waals surface area contributed by atoms with Crippen LogP contribution in [0.25, 0.3) is 16.9 Å². The van der Waals surface area contributed by atoms with Crippen LogP contribution < -0.4 is 11.2 Å². The number of halogens is 4. The van der Waals surface area contributed by atoms with Gasteiger partial charge in [0, 0.05) is 36.6 Å². The quantitative estimate of drug-likeness (QED) is 0.249. The molecule has 2 heterocycles. The summed E-state index contributed by atoms with van der Waals surface area (Å²) in [6.07, 6.45) is 0.999. The minimum atomic E-state index is -0.707. The number of nitrogens with zero attached hydrogens (tertiary/aromatic N) is 3. The van der Waals surface area contributed by atoms with Gasteiger partial charge in [0.05, 0.1) is 17.3 Å². The van der Waals surface area contributed by atoms with E-state index in [1.165, 1.54) is 11.3 Å². The third-order valence-corrected chi connectivity index (χ3v) is 7.55. The van der Waals surface area contributed by atoms with Gasteiger partial charge in [-0.15, -0.1) is 11.3 Å². The van der Waals surface area contributed by atoms with E-state index in [0.29, 0.717) is 31.3 Å². The summed E-state index contributed by atoms with van der Waals surface area (Å²) < 4.78 is 1.01. The number of thiazole rings is 1. The van der Waals surface area contributed by atoms with Crippen molar-refractivity contribution in [2.24, 2.45) is 0 Å². The number of aromatic nitrogens is 4. The lowest BCUT2D eigenvalue weighted by Crippen LogP contribution is -2.30. The third-order valence-electron chi connectivity index (χ3n) is 5.43. The zero-order valence-corrected chi connectivity index (χ0v) is 21.9. The Labute approximate surface area is 228 Å². The van der Waals surface area contributed by atoms with E-state index in [1.54, 1.807) is 24.3 Å². The van der Waals surface area contributed by atoms with Crippen molar-refractivity contribution in [1.29, 1.82) is 0 Å². The van der Waals surface area contributed by atoms with Crippen LogP contribution in [0.5, 0.6) is 0 Å². The molecule has 0 saturated carbocycles. The Hall–Kier alpha value is -2.94. The Morgan fingerprint density at radius 2 is 1.58 bits per heavy atom. The first-order chi connectivity index (χ1) is 17.3. The van der Waals surface area contributed by atoms with Crippen LogP contribution >= 0.6 is 57.7 Å². The number of benzene rings is 3. The lowest BCUT2D eigenvalue weighted by Gasteiger charge is -2.20. The van der Waals surface area contributed by atoms with E-state index in [9.17, 15) is 9.59 Å². The Morgan fingerprint density at radius 1 is 0.889 bits per heavy atom. The third kappa shape index (κ3) is 4.85. The first-order valence-corrected chi connectivity index (χ1v) is 12.8. The molecule has 0 spiro atoms. The van der Waals surface area contributed by atoms with Crippen LogP contribution in [0.4, 0.5) is 0 Å². The number of nitrogens with one attached hydrogen (secondary N) is 1. The van der Waals surface area contributed by atoms with Gasteiger partial charge in [0.2, 0.25) is 0 Å². The summed E-state index contributed by atoms with van der Waals surface area (Å²) in [5.74, 6) is -0.433. The van der Waals surface area contributed by atoms with E-state index in [4.69, 9.17) is 51.4 Å². The average molecular weight is 576 g/mol. The minimum absolute atomic E-state index is 0.298. The monoisotopic (exact) mass is 574 g/mol. The highest BCUT2D eigenvalue weighted by molar-refractivity contribution is 7.10. The van der Waals surface area contributed by atoms with E-state index in [2.05, 4.69) is 10.1 Å². The summed E-state index contributed by atoms with van der Waals surface area (Å²) in [5.41, 5.74) is 2.00. The van der Waals surface area contributed by atoms with Crippen LogP contribution in [0.1, 0.15) is 22.1 Å². The standard InChI is InChI=1S/C25H14Cl4N4O2S/c26-14-7-5-13(6-8-14)22(24-31-20(12-36-24)16-3-1-2-4-17(16)27)23-18(28)9-15(10-19(23)29)33-25(35)32-21(34)11-30-33/h1-12,22H,(H,32,34,35). The highest BCUT2D eigenvalue weighted by Gasteiger charge is 2.27. The molecule has 36 heavy (non-hydrogen) atoms. The van der Waals surface area contributed by atoms with Crippen LogP contribution in [0.3, 0.4) is 0 Å². The first-order valence-electron chi connectivity index (χ1n) is 10.5. The normalized spacial score (nSPS) is 12.0. The fourth-order valence-electron chi connectivity index (χ4n) is 3.81. The molecule has 2 aromatic heterocycles. The van der Waals surface area contributed by atoms with Crippen LogP contribution in [0.2, 0.25) is 20.1 Å². The second-order valence-corrected chi connectivity index (χ2v) is 10.3. The summed E-state index contributed by atoms with van der Waals surface area (Å²) in [4.78, 5) is 30.7. The molecule has 1 unspecified atom stereocenters. The molecule has 0 saturated heterocycles. The molecule has 5 aromatic rings. The van der Waals surface area contributed by atoms with Gasteiger partial charge in [-0.3, -0.25) is 9.78 Å².